The second-order valence-electron chi connectivity index (χ2n) is 5.93. The lowest BCUT2D eigenvalue weighted by atomic mass is 9.87. The van der Waals surface area contributed by atoms with Crippen LogP contribution < -0.4 is 4.72 Å². The lowest BCUT2D eigenvalue weighted by Crippen LogP contribution is -2.26. The summed E-state index contributed by atoms with van der Waals surface area (Å²) >= 11 is 0. The Hall–Kier alpha value is -0.920. The first-order chi connectivity index (χ1) is 10.3. The highest BCUT2D eigenvalue weighted by Crippen LogP contribution is 2.26. The van der Waals surface area contributed by atoms with Crippen molar-refractivity contribution in [2.45, 2.75) is 48.3 Å². The molecule has 0 bridgehead atoms. The summed E-state index contributed by atoms with van der Waals surface area (Å²) in [6.07, 6.45) is 8.10. The Morgan fingerprint density at radius 2 is 1.50 bits per heavy atom. The Bertz CT molecular complexity index is 688. The quantitative estimate of drug-likeness (QED) is 0.858. The predicted molar refractivity (Wildman–Crippen MR) is 85.9 cm³/mol. The van der Waals surface area contributed by atoms with E-state index in [1.807, 2.05) is 0 Å². The minimum Gasteiger partial charge on any atom is -0.224 e. The molecule has 0 aliphatic heterocycles. The molecule has 1 saturated carbocycles. The first-order valence-corrected chi connectivity index (χ1v) is 11.0. The molecule has 0 radical (unpaired) electrons. The highest BCUT2D eigenvalue weighted by atomic mass is 32.2. The molecule has 1 aromatic rings. The minimum atomic E-state index is -3.57. The van der Waals surface area contributed by atoms with Crippen molar-refractivity contribution in [3.63, 3.8) is 0 Å². The highest BCUT2D eigenvalue weighted by molar-refractivity contribution is 7.90. The van der Waals surface area contributed by atoms with Gasteiger partial charge in [-0.15, -0.1) is 0 Å². The standard InChI is InChI=1S/C15H23NO4S2/c1-21(17,18)14-7-9-15(10-8-14)22(19,20)16-12-11-13-5-3-2-4-6-13/h7-10,13,16H,2-6,11-12H2,1H3. The molecule has 0 atom stereocenters. The monoisotopic (exact) mass is 345 g/mol. The van der Waals surface area contributed by atoms with E-state index >= 15 is 0 Å². The van der Waals surface area contributed by atoms with Crippen molar-refractivity contribution in [3.05, 3.63) is 24.3 Å². The fourth-order valence-corrected chi connectivity index (χ4v) is 4.50. The molecule has 22 heavy (non-hydrogen) atoms. The van der Waals surface area contributed by atoms with Crippen LogP contribution in [0.25, 0.3) is 0 Å². The summed E-state index contributed by atoms with van der Waals surface area (Å²) in [5.41, 5.74) is 0. The van der Waals surface area contributed by atoms with Crippen molar-refractivity contribution in [2.24, 2.45) is 5.92 Å². The van der Waals surface area contributed by atoms with Crippen molar-refractivity contribution in [1.29, 1.82) is 0 Å². The van der Waals surface area contributed by atoms with Crippen molar-refractivity contribution in [3.8, 4) is 0 Å². The van der Waals surface area contributed by atoms with Crippen LogP contribution in [-0.4, -0.2) is 29.6 Å². The van der Waals surface area contributed by atoms with Gasteiger partial charge in [0, 0.05) is 12.8 Å². The van der Waals surface area contributed by atoms with E-state index in [4.69, 9.17) is 0 Å². The van der Waals surface area contributed by atoms with Gasteiger partial charge >= 0.3 is 0 Å². The van der Waals surface area contributed by atoms with E-state index in [2.05, 4.69) is 4.72 Å². The maximum absolute atomic E-state index is 12.2. The van der Waals surface area contributed by atoms with Gasteiger partial charge < -0.3 is 0 Å². The summed E-state index contributed by atoms with van der Waals surface area (Å²) in [4.78, 5) is 0.220. The van der Waals surface area contributed by atoms with Gasteiger partial charge in [-0.2, -0.15) is 0 Å². The van der Waals surface area contributed by atoms with E-state index in [0.29, 0.717) is 12.5 Å². The van der Waals surface area contributed by atoms with Crippen LogP contribution in [0.4, 0.5) is 0 Å². The average molecular weight is 345 g/mol. The SMILES string of the molecule is CS(=O)(=O)c1ccc(S(=O)(=O)NCCC2CCCCC2)cc1. The molecule has 7 heteroatoms. The second kappa shape index (κ2) is 7.10. The van der Waals surface area contributed by atoms with Gasteiger partial charge in [0.25, 0.3) is 0 Å². The Labute approximate surface area is 133 Å². The first-order valence-electron chi connectivity index (χ1n) is 7.59. The van der Waals surface area contributed by atoms with Gasteiger partial charge in [-0.1, -0.05) is 32.1 Å². The zero-order chi connectivity index (χ0) is 16.2. The smallest absolute Gasteiger partial charge is 0.224 e. The molecule has 1 aliphatic rings. The van der Waals surface area contributed by atoms with Crippen molar-refractivity contribution in [1.82, 2.24) is 4.72 Å². The minimum absolute atomic E-state index is 0.101. The fraction of sp³-hybridized carbons (Fsp3) is 0.600. The number of hydrogen-bond donors (Lipinski definition) is 1. The Morgan fingerprint density at radius 1 is 0.955 bits per heavy atom. The van der Waals surface area contributed by atoms with Crippen LogP contribution in [0.15, 0.2) is 34.1 Å². The summed E-state index contributed by atoms with van der Waals surface area (Å²) in [6, 6.07) is 5.31. The van der Waals surface area contributed by atoms with E-state index in [1.54, 1.807) is 0 Å². The van der Waals surface area contributed by atoms with Gasteiger partial charge in [-0.3, -0.25) is 0 Å². The number of benzene rings is 1. The summed E-state index contributed by atoms with van der Waals surface area (Å²) in [6.45, 7) is 0.431. The van der Waals surface area contributed by atoms with Crippen LogP contribution in [0, 0.1) is 5.92 Å². The summed E-state index contributed by atoms with van der Waals surface area (Å²) in [5, 5.41) is 0. The maximum Gasteiger partial charge on any atom is 0.240 e. The lowest BCUT2D eigenvalue weighted by molar-refractivity contribution is 0.339. The molecule has 1 fully saturated rings. The van der Waals surface area contributed by atoms with Crippen LogP contribution >= 0.6 is 0 Å². The zero-order valence-corrected chi connectivity index (χ0v) is 14.4. The van der Waals surface area contributed by atoms with Gasteiger partial charge in [0.2, 0.25) is 10.0 Å². The lowest BCUT2D eigenvalue weighted by Gasteiger charge is -2.21. The number of sulfone groups is 1. The fourth-order valence-electron chi connectivity index (χ4n) is 2.82. The molecule has 0 heterocycles. The normalized spacial score (nSPS) is 17.5. The number of rotatable bonds is 6. The zero-order valence-electron chi connectivity index (χ0n) is 12.8. The molecule has 5 nitrogen and oxygen atoms in total. The third-order valence-electron chi connectivity index (χ3n) is 4.13. The van der Waals surface area contributed by atoms with E-state index < -0.39 is 19.9 Å². The molecule has 0 amide bonds. The third kappa shape index (κ3) is 4.79. The molecule has 0 spiro atoms. The van der Waals surface area contributed by atoms with Gasteiger partial charge in [-0.05, 0) is 36.6 Å². The van der Waals surface area contributed by atoms with Crippen LogP contribution in [0.2, 0.25) is 0 Å². The molecule has 0 aromatic heterocycles. The van der Waals surface area contributed by atoms with Crippen molar-refractivity contribution in [2.75, 3.05) is 12.8 Å². The van der Waals surface area contributed by atoms with Crippen LogP contribution in [0.1, 0.15) is 38.5 Å². The molecule has 1 aliphatic carbocycles. The maximum atomic E-state index is 12.2. The van der Waals surface area contributed by atoms with Gasteiger partial charge in [0.15, 0.2) is 9.84 Å². The van der Waals surface area contributed by atoms with Crippen LogP contribution in [-0.2, 0) is 19.9 Å². The topological polar surface area (TPSA) is 80.3 Å². The van der Waals surface area contributed by atoms with Crippen molar-refractivity contribution >= 4 is 19.9 Å². The van der Waals surface area contributed by atoms with Gasteiger partial charge in [0.05, 0.1) is 9.79 Å². The molecule has 1 N–H and O–H groups in total. The summed E-state index contributed by atoms with van der Waals surface area (Å²) < 4.78 is 49.7. The van der Waals surface area contributed by atoms with Gasteiger partial charge in [0.1, 0.15) is 0 Å². The van der Waals surface area contributed by atoms with Gasteiger partial charge in [-0.25, -0.2) is 21.6 Å². The number of nitrogens with one attached hydrogen (secondary N) is 1. The number of sulfonamides is 1. The molecular formula is C15H23NO4S2. The number of hydrogen-bond acceptors (Lipinski definition) is 4. The van der Waals surface area contributed by atoms with E-state index in [1.165, 1.54) is 56.4 Å². The molecule has 0 saturated heterocycles. The molecule has 1 aromatic carbocycles. The Kier molecular flexibility index (Phi) is 5.63. The van der Waals surface area contributed by atoms with Crippen LogP contribution in [0.5, 0.6) is 0 Å². The molecule has 0 unspecified atom stereocenters. The summed E-state index contributed by atoms with van der Waals surface area (Å²) in [7, 11) is -6.88. The van der Waals surface area contributed by atoms with E-state index in [-0.39, 0.29) is 9.79 Å². The largest absolute Gasteiger partial charge is 0.240 e. The van der Waals surface area contributed by atoms with E-state index in [9.17, 15) is 16.8 Å². The Balaban J connectivity index is 1.95. The van der Waals surface area contributed by atoms with E-state index in [0.717, 1.165) is 12.7 Å². The van der Waals surface area contributed by atoms with Crippen LogP contribution in [0.3, 0.4) is 0 Å². The molecule has 124 valence electrons. The third-order valence-corrected chi connectivity index (χ3v) is 6.74. The average Bonchev–Trinajstić information content (AvgIpc) is 2.47. The molecule has 2 rings (SSSR count). The predicted octanol–water partition coefficient (Wildman–Crippen LogP) is 2.34. The second-order valence-corrected chi connectivity index (χ2v) is 9.72. The Morgan fingerprint density at radius 3 is 2.05 bits per heavy atom. The first kappa shape index (κ1) is 17.4. The highest BCUT2D eigenvalue weighted by Gasteiger charge is 2.17. The molecular weight excluding hydrogens is 322 g/mol. The summed E-state index contributed by atoms with van der Waals surface area (Å²) in [5.74, 6) is 0.615. The van der Waals surface area contributed by atoms with Crippen molar-refractivity contribution < 1.29 is 16.8 Å².